The van der Waals surface area contributed by atoms with E-state index < -0.39 is 0 Å². The molecule has 5 nitrogen and oxygen atoms in total. The summed E-state index contributed by atoms with van der Waals surface area (Å²) in [7, 11) is 0. The Hall–Kier alpha value is -2.31. The first-order valence-corrected chi connectivity index (χ1v) is 9.59. The summed E-state index contributed by atoms with van der Waals surface area (Å²) >= 11 is 7.67. The number of carbonyl (C=O) groups excluding carboxylic acids is 2. The number of hydrogen-bond acceptors (Lipinski definition) is 4. The minimum Gasteiger partial charge on any atom is -0.326 e. The minimum atomic E-state index is -0.117. The van der Waals surface area contributed by atoms with Gasteiger partial charge in [0.1, 0.15) is 0 Å². The maximum Gasteiger partial charge on any atom is 0.248 e. The number of hydrazone groups is 1. The van der Waals surface area contributed by atoms with Gasteiger partial charge in [-0.15, -0.1) is 11.8 Å². The van der Waals surface area contributed by atoms with Gasteiger partial charge in [0, 0.05) is 46.2 Å². The van der Waals surface area contributed by atoms with E-state index in [1.165, 1.54) is 11.9 Å². The van der Waals surface area contributed by atoms with E-state index in [0.29, 0.717) is 17.1 Å². The van der Waals surface area contributed by atoms with Gasteiger partial charge in [0.2, 0.25) is 11.8 Å². The first-order chi connectivity index (χ1) is 12.5. The Bertz CT molecular complexity index is 927. The number of rotatable bonds is 2. The molecule has 1 atom stereocenters. The van der Waals surface area contributed by atoms with Crippen LogP contribution in [-0.4, -0.2) is 23.3 Å². The molecule has 7 heteroatoms. The number of anilines is 2. The second kappa shape index (κ2) is 6.78. The van der Waals surface area contributed by atoms with Gasteiger partial charge in [0.15, 0.2) is 0 Å². The van der Waals surface area contributed by atoms with Crippen LogP contribution in [0, 0.1) is 5.92 Å². The zero-order valence-electron chi connectivity index (χ0n) is 14.0. The van der Waals surface area contributed by atoms with E-state index in [2.05, 4.69) is 10.4 Å². The van der Waals surface area contributed by atoms with Crippen LogP contribution in [0.3, 0.4) is 0 Å². The summed E-state index contributed by atoms with van der Waals surface area (Å²) in [5.41, 5.74) is 3.29. The maximum absolute atomic E-state index is 12.6. The van der Waals surface area contributed by atoms with Crippen molar-refractivity contribution in [1.82, 2.24) is 0 Å². The zero-order valence-corrected chi connectivity index (χ0v) is 15.6. The quantitative estimate of drug-likeness (QED) is 0.844. The summed E-state index contributed by atoms with van der Waals surface area (Å²) in [4.78, 5) is 25.1. The lowest BCUT2D eigenvalue weighted by Crippen LogP contribution is -2.39. The molecule has 0 radical (unpaired) electrons. The molecule has 2 aromatic carbocycles. The third-order valence-corrected chi connectivity index (χ3v) is 5.83. The number of nitrogens with one attached hydrogen (secondary N) is 1. The molecule has 2 aliphatic heterocycles. The highest BCUT2D eigenvalue weighted by atomic mass is 35.5. The third kappa shape index (κ3) is 3.22. The van der Waals surface area contributed by atoms with Crippen LogP contribution in [0.25, 0.3) is 0 Å². The highest BCUT2D eigenvalue weighted by molar-refractivity contribution is 7.99. The second-order valence-electron chi connectivity index (χ2n) is 6.27. The van der Waals surface area contributed by atoms with Gasteiger partial charge in [-0.05, 0) is 42.5 Å². The van der Waals surface area contributed by atoms with E-state index in [4.69, 9.17) is 11.6 Å². The van der Waals surface area contributed by atoms with Gasteiger partial charge in [-0.3, -0.25) is 9.59 Å². The van der Waals surface area contributed by atoms with E-state index in [1.54, 1.807) is 36.0 Å². The number of nitrogens with zero attached hydrogens (tertiary/aromatic N) is 2. The van der Waals surface area contributed by atoms with E-state index >= 15 is 0 Å². The molecule has 26 heavy (non-hydrogen) atoms. The molecule has 0 fully saturated rings. The standard InChI is InChI=1S/C19H16ClN3O2S/c1-11(24)21-14-4-7-17-16(9-14)19-12(10-26-17)8-18(25)23(22-19)15-5-2-13(20)3-6-15/h2-7,9,12H,8,10H2,1H3,(H,21,24). The van der Waals surface area contributed by atoms with Crippen LogP contribution >= 0.6 is 23.4 Å². The molecule has 0 bridgehead atoms. The van der Waals surface area contributed by atoms with Gasteiger partial charge in [-0.2, -0.15) is 5.10 Å². The molecular weight excluding hydrogens is 370 g/mol. The zero-order chi connectivity index (χ0) is 18.3. The summed E-state index contributed by atoms with van der Waals surface area (Å²) in [5.74, 6) is 0.763. The molecule has 1 unspecified atom stereocenters. The van der Waals surface area contributed by atoms with Crippen LogP contribution in [0.1, 0.15) is 18.9 Å². The number of halogens is 1. The lowest BCUT2D eigenvalue weighted by Gasteiger charge is -2.33. The van der Waals surface area contributed by atoms with Crippen molar-refractivity contribution in [2.75, 3.05) is 16.1 Å². The van der Waals surface area contributed by atoms with Gasteiger partial charge >= 0.3 is 0 Å². The van der Waals surface area contributed by atoms with Crippen molar-refractivity contribution in [3.8, 4) is 0 Å². The van der Waals surface area contributed by atoms with E-state index in [-0.39, 0.29) is 17.7 Å². The smallest absolute Gasteiger partial charge is 0.248 e. The number of fused-ring (bicyclic) bond motifs is 3. The molecule has 2 aromatic rings. The van der Waals surface area contributed by atoms with Crippen LogP contribution in [0.4, 0.5) is 11.4 Å². The Kier molecular flexibility index (Phi) is 4.46. The van der Waals surface area contributed by atoms with Crippen LogP contribution in [-0.2, 0) is 9.59 Å². The maximum atomic E-state index is 12.6. The lowest BCUT2D eigenvalue weighted by molar-refractivity contribution is -0.119. The van der Waals surface area contributed by atoms with Gasteiger partial charge in [0.25, 0.3) is 0 Å². The lowest BCUT2D eigenvalue weighted by atomic mass is 9.92. The predicted octanol–water partition coefficient (Wildman–Crippen LogP) is 4.16. The van der Waals surface area contributed by atoms with Crippen LogP contribution in [0.2, 0.25) is 5.02 Å². The largest absolute Gasteiger partial charge is 0.326 e. The summed E-state index contributed by atoms with van der Waals surface area (Å²) < 4.78 is 0. The fourth-order valence-electron chi connectivity index (χ4n) is 3.16. The summed E-state index contributed by atoms with van der Waals surface area (Å²) in [6.07, 6.45) is 0.415. The fraction of sp³-hybridized carbons (Fsp3) is 0.211. The molecule has 0 aliphatic carbocycles. The van der Waals surface area contributed by atoms with Crippen LogP contribution < -0.4 is 10.3 Å². The molecular formula is C19H16ClN3O2S. The van der Waals surface area contributed by atoms with Crippen molar-refractivity contribution >= 4 is 52.3 Å². The number of amides is 2. The van der Waals surface area contributed by atoms with Crippen LogP contribution in [0.15, 0.2) is 52.5 Å². The average molecular weight is 386 g/mol. The van der Waals surface area contributed by atoms with E-state index in [9.17, 15) is 9.59 Å². The molecule has 2 heterocycles. The molecule has 0 saturated carbocycles. The van der Waals surface area contributed by atoms with Gasteiger partial charge < -0.3 is 5.32 Å². The highest BCUT2D eigenvalue weighted by Crippen LogP contribution is 2.39. The first kappa shape index (κ1) is 17.1. The molecule has 132 valence electrons. The third-order valence-electron chi connectivity index (χ3n) is 4.34. The normalized spacial score (nSPS) is 18.7. The fourth-order valence-corrected chi connectivity index (χ4v) is 4.43. The average Bonchev–Trinajstić information content (AvgIpc) is 2.61. The topological polar surface area (TPSA) is 61.8 Å². The van der Waals surface area contributed by atoms with Crippen molar-refractivity contribution < 1.29 is 9.59 Å². The summed E-state index contributed by atoms with van der Waals surface area (Å²) in [6.45, 7) is 1.48. The SMILES string of the molecule is CC(=O)Nc1ccc2c(c1)C1=NN(c3ccc(Cl)cc3)C(=O)CC1CS2. The molecule has 2 aliphatic rings. The molecule has 4 rings (SSSR count). The summed E-state index contributed by atoms with van der Waals surface area (Å²) in [6, 6.07) is 12.9. The number of benzene rings is 2. The first-order valence-electron chi connectivity index (χ1n) is 8.23. The Morgan fingerprint density at radius 2 is 2.04 bits per heavy atom. The Morgan fingerprint density at radius 1 is 1.27 bits per heavy atom. The van der Waals surface area contributed by atoms with Gasteiger partial charge in [-0.1, -0.05) is 11.6 Å². The highest BCUT2D eigenvalue weighted by Gasteiger charge is 2.35. The van der Waals surface area contributed by atoms with Crippen molar-refractivity contribution in [3.05, 3.63) is 53.1 Å². The molecule has 0 saturated heterocycles. The van der Waals surface area contributed by atoms with Crippen molar-refractivity contribution in [2.45, 2.75) is 18.2 Å². The molecule has 2 amide bonds. The second-order valence-corrected chi connectivity index (χ2v) is 7.77. The number of hydrogen-bond donors (Lipinski definition) is 1. The van der Waals surface area contributed by atoms with E-state index in [1.807, 2.05) is 18.2 Å². The van der Waals surface area contributed by atoms with Gasteiger partial charge in [-0.25, -0.2) is 5.01 Å². The van der Waals surface area contributed by atoms with Crippen LogP contribution in [0.5, 0.6) is 0 Å². The molecule has 0 aromatic heterocycles. The summed E-state index contributed by atoms with van der Waals surface area (Å²) in [5, 5.41) is 9.55. The monoisotopic (exact) mass is 385 g/mol. The Labute approximate surface area is 160 Å². The van der Waals surface area contributed by atoms with Gasteiger partial charge in [0.05, 0.1) is 11.4 Å². The van der Waals surface area contributed by atoms with Crippen molar-refractivity contribution in [3.63, 3.8) is 0 Å². The number of carbonyl (C=O) groups is 2. The molecule has 1 N–H and O–H groups in total. The van der Waals surface area contributed by atoms with Crippen molar-refractivity contribution in [2.24, 2.45) is 11.0 Å². The predicted molar refractivity (Wildman–Crippen MR) is 105 cm³/mol. The van der Waals surface area contributed by atoms with Crippen molar-refractivity contribution in [1.29, 1.82) is 0 Å². The molecule has 0 spiro atoms. The minimum absolute atomic E-state index is 0.0249. The Morgan fingerprint density at radius 3 is 2.77 bits per heavy atom. The number of thioether (sulfide) groups is 1. The Balaban J connectivity index is 1.77. The van der Waals surface area contributed by atoms with E-state index in [0.717, 1.165) is 27.6 Å².